The first-order valence-corrected chi connectivity index (χ1v) is 6.07. The Morgan fingerprint density at radius 1 is 1.19 bits per heavy atom. The molecule has 0 radical (unpaired) electrons. The van der Waals surface area contributed by atoms with Gasteiger partial charge < -0.3 is 15.2 Å². The molecule has 2 aromatic rings. The zero-order chi connectivity index (χ0) is 15.4. The number of carbonyl (C=O) groups excluding carboxylic acids is 1. The van der Waals surface area contributed by atoms with Crippen molar-refractivity contribution in [3.63, 3.8) is 0 Å². The number of carboxylic acid groups (broad SMARTS) is 1. The van der Waals surface area contributed by atoms with Gasteiger partial charge in [0.15, 0.2) is 0 Å². The molecule has 3 N–H and O–H groups in total. The van der Waals surface area contributed by atoms with E-state index in [1.165, 1.54) is 18.3 Å². The van der Waals surface area contributed by atoms with E-state index in [-0.39, 0.29) is 17.8 Å². The molecular formula is C15H12FNO4. The first-order chi connectivity index (χ1) is 9.99. The zero-order valence-electron chi connectivity index (χ0n) is 10.8. The Morgan fingerprint density at radius 3 is 2.57 bits per heavy atom. The van der Waals surface area contributed by atoms with E-state index in [9.17, 15) is 19.1 Å². The minimum Gasteiger partial charge on any atom is -0.507 e. The molecule has 0 fully saturated rings. The quantitative estimate of drug-likeness (QED) is 0.447. The van der Waals surface area contributed by atoms with Crippen LogP contribution in [0, 0.1) is 5.82 Å². The minimum absolute atomic E-state index is 0.175. The lowest BCUT2D eigenvalue weighted by atomic mass is 10.0. The normalized spacial score (nSPS) is 11.4. The van der Waals surface area contributed by atoms with E-state index in [0.717, 1.165) is 0 Å². The molecular weight excluding hydrogens is 277 g/mol. The van der Waals surface area contributed by atoms with Gasteiger partial charge in [-0.3, -0.25) is 4.79 Å². The maximum Gasteiger partial charge on any atom is 0.376 e. The highest BCUT2D eigenvalue weighted by Crippen LogP contribution is 2.20. The summed E-state index contributed by atoms with van der Waals surface area (Å²) in [6, 6.07) is 7.66. The third kappa shape index (κ3) is 3.36. The van der Waals surface area contributed by atoms with Crippen molar-refractivity contribution >= 4 is 17.5 Å². The number of carboxylic acids is 1. The van der Waals surface area contributed by atoms with Gasteiger partial charge in [0, 0.05) is 30.0 Å². The smallest absolute Gasteiger partial charge is 0.376 e. The van der Waals surface area contributed by atoms with Crippen LogP contribution in [0.3, 0.4) is 0 Å². The maximum absolute atomic E-state index is 13.6. The average molecular weight is 289 g/mol. The van der Waals surface area contributed by atoms with Crippen LogP contribution in [0.15, 0.2) is 42.6 Å². The summed E-state index contributed by atoms with van der Waals surface area (Å²) in [5, 5.41) is 18.3. The minimum atomic E-state index is -1.66. The van der Waals surface area contributed by atoms with Crippen LogP contribution in [-0.4, -0.2) is 26.9 Å². The highest BCUT2D eigenvalue weighted by molar-refractivity contribution is 6.38. The Labute approximate surface area is 119 Å². The summed E-state index contributed by atoms with van der Waals surface area (Å²) in [5.74, 6) is -3.75. The van der Waals surface area contributed by atoms with Crippen molar-refractivity contribution < 1.29 is 24.2 Å². The van der Waals surface area contributed by atoms with Crippen molar-refractivity contribution in [2.45, 2.75) is 6.42 Å². The van der Waals surface area contributed by atoms with Crippen LogP contribution in [-0.2, 0) is 16.0 Å². The molecule has 0 saturated heterocycles. The van der Waals surface area contributed by atoms with E-state index in [2.05, 4.69) is 4.98 Å². The van der Waals surface area contributed by atoms with E-state index in [1.807, 2.05) is 0 Å². The summed E-state index contributed by atoms with van der Waals surface area (Å²) in [6.07, 6.45) is 2.31. The highest BCUT2D eigenvalue weighted by Gasteiger charge is 2.14. The standard InChI is InChI=1S/C15H12FNO4/c16-11-4-2-1-3-9(11)7-12-10(5-6-17-12)13(18)8-14(19)15(20)21/h1-6,8,17-18H,7H2,(H,20,21). The van der Waals surface area contributed by atoms with E-state index < -0.39 is 17.5 Å². The number of hydrogen-bond donors (Lipinski definition) is 3. The third-order valence-corrected chi connectivity index (χ3v) is 2.91. The fraction of sp³-hybridized carbons (Fsp3) is 0.0667. The molecule has 0 aliphatic carbocycles. The number of hydrogen-bond acceptors (Lipinski definition) is 3. The average Bonchev–Trinajstić information content (AvgIpc) is 2.89. The number of aliphatic hydroxyl groups excluding tert-OH is 1. The van der Waals surface area contributed by atoms with Crippen molar-refractivity contribution in [1.29, 1.82) is 0 Å². The number of halogens is 1. The van der Waals surface area contributed by atoms with Crippen LogP contribution in [0.4, 0.5) is 4.39 Å². The van der Waals surface area contributed by atoms with Crippen LogP contribution in [0.1, 0.15) is 16.8 Å². The van der Waals surface area contributed by atoms with E-state index >= 15 is 0 Å². The number of carbonyl (C=O) groups is 2. The van der Waals surface area contributed by atoms with Gasteiger partial charge in [0.05, 0.1) is 0 Å². The van der Waals surface area contributed by atoms with Crippen molar-refractivity contribution in [2.24, 2.45) is 0 Å². The first-order valence-electron chi connectivity index (χ1n) is 6.07. The molecule has 1 heterocycles. The summed E-state index contributed by atoms with van der Waals surface area (Å²) >= 11 is 0. The summed E-state index contributed by atoms with van der Waals surface area (Å²) < 4.78 is 13.6. The second-order valence-electron chi connectivity index (χ2n) is 4.34. The van der Waals surface area contributed by atoms with E-state index in [0.29, 0.717) is 17.3 Å². The predicted octanol–water partition coefficient (Wildman–Crippen LogP) is 2.30. The monoisotopic (exact) mass is 289 g/mol. The van der Waals surface area contributed by atoms with Crippen LogP contribution < -0.4 is 0 Å². The molecule has 2 rings (SSSR count). The summed E-state index contributed by atoms with van der Waals surface area (Å²) in [5.41, 5.74) is 1.15. The number of aromatic amines is 1. The SMILES string of the molecule is O=C(O)C(=O)C=C(O)c1cc[nH]c1Cc1ccccc1F. The fourth-order valence-corrected chi connectivity index (χ4v) is 1.89. The lowest BCUT2D eigenvalue weighted by Crippen LogP contribution is -2.09. The molecule has 6 heteroatoms. The van der Waals surface area contributed by atoms with Gasteiger partial charge in [-0.05, 0) is 17.7 Å². The molecule has 0 unspecified atom stereocenters. The molecule has 0 spiro atoms. The molecule has 0 bridgehead atoms. The zero-order valence-corrected chi connectivity index (χ0v) is 10.8. The molecule has 0 saturated carbocycles. The van der Waals surface area contributed by atoms with Gasteiger partial charge in [-0.25, -0.2) is 9.18 Å². The van der Waals surface area contributed by atoms with Crippen molar-refractivity contribution in [1.82, 2.24) is 4.98 Å². The highest BCUT2D eigenvalue weighted by atomic mass is 19.1. The molecule has 5 nitrogen and oxygen atoms in total. The molecule has 0 amide bonds. The molecule has 1 aromatic heterocycles. The van der Waals surface area contributed by atoms with E-state index in [1.54, 1.807) is 18.2 Å². The Hall–Kier alpha value is -2.89. The van der Waals surface area contributed by atoms with Gasteiger partial charge in [-0.15, -0.1) is 0 Å². The van der Waals surface area contributed by atoms with Crippen molar-refractivity contribution in [3.8, 4) is 0 Å². The first kappa shape index (κ1) is 14.5. The van der Waals surface area contributed by atoms with Crippen molar-refractivity contribution in [2.75, 3.05) is 0 Å². The third-order valence-electron chi connectivity index (χ3n) is 2.91. The molecule has 0 atom stereocenters. The number of aliphatic carboxylic acids is 1. The summed E-state index contributed by atoms with van der Waals surface area (Å²) in [6.45, 7) is 0. The van der Waals surface area contributed by atoms with E-state index in [4.69, 9.17) is 5.11 Å². The molecule has 108 valence electrons. The Bertz CT molecular complexity index is 718. The number of aliphatic hydroxyl groups is 1. The Balaban J connectivity index is 2.29. The lowest BCUT2D eigenvalue weighted by Gasteiger charge is -2.05. The summed E-state index contributed by atoms with van der Waals surface area (Å²) in [7, 11) is 0. The van der Waals surface area contributed by atoms with Crippen LogP contribution in [0.2, 0.25) is 0 Å². The van der Waals surface area contributed by atoms with Gasteiger partial charge in [-0.2, -0.15) is 0 Å². The summed E-state index contributed by atoms with van der Waals surface area (Å²) in [4.78, 5) is 24.4. The molecule has 21 heavy (non-hydrogen) atoms. The molecule has 1 aromatic carbocycles. The Morgan fingerprint density at radius 2 is 1.90 bits per heavy atom. The van der Waals surface area contributed by atoms with Gasteiger partial charge in [0.25, 0.3) is 5.78 Å². The number of benzene rings is 1. The van der Waals surface area contributed by atoms with Gasteiger partial charge in [0.2, 0.25) is 0 Å². The molecule has 0 aliphatic rings. The van der Waals surface area contributed by atoms with Gasteiger partial charge in [-0.1, -0.05) is 18.2 Å². The van der Waals surface area contributed by atoms with Gasteiger partial charge in [0.1, 0.15) is 11.6 Å². The fourth-order valence-electron chi connectivity index (χ4n) is 1.89. The van der Waals surface area contributed by atoms with Crippen LogP contribution >= 0.6 is 0 Å². The van der Waals surface area contributed by atoms with Crippen LogP contribution in [0.5, 0.6) is 0 Å². The van der Waals surface area contributed by atoms with Gasteiger partial charge >= 0.3 is 5.97 Å². The number of rotatable bonds is 5. The largest absolute Gasteiger partial charge is 0.507 e. The van der Waals surface area contributed by atoms with Crippen LogP contribution in [0.25, 0.3) is 5.76 Å². The number of H-pyrrole nitrogens is 1. The Kier molecular flexibility index (Phi) is 4.18. The van der Waals surface area contributed by atoms with Crippen molar-refractivity contribution in [3.05, 3.63) is 65.2 Å². The second kappa shape index (κ2) is 6.04. The number of ketones is 1. The topological polar surface area (TPSA) is 90.4 Å². The predicted molar refractivity (Wildman–Crippen MR) is 73.2 cm³/mol. The second-order valence-corrected chi connectivity index (χ2v) is 4.34. The lowest BCUT2D eigenvalue weighted by molar-refractivity contribution is -0.146. The maximum atomic E-state index is 13.6. The molecule has 0 aliphatic heterocycles. The number of aromatic nitrogens is 1. The number of nitrogens with one attached hydrogen (secondary N) is 1.